The summed E-state index contributed by atoms with van der Waals surface area (Å²) in [5.74, 6) is -0.128. The van der Waals surface area contributed by atoms with Crippen molar-refractivity contribution < 1.29 is 9.59 Å². The minimum absolute atomic E-state index is 0.112. The zero-order valence-electron chi connectivity index (χ0n) is 15.8. The quantitative estimate of drug-likeness (QED) is 0.462. The van der Waals surface area contributed by atoms with Crippen LogP contribution in [0.2, 0.25) is 0 Å². The molecule has 8 heteroatoms. The zero-order valence-corrected chi connectivity index (χ0v) is 17.4. The van der Waals surface area contributed by atoms with Gasteiger partial charge < -0.3 is 5.32 Å². The van der Waals surface area contributed by atoms with Crippen molar-refractivity contribution in [2.75, 3.05) is 16.4 Å². The van der Waals surface area contributed by atoms with Gasteiger partial charge in [0.15, 0.2) is 4.34 Å². The SMILES string of the molecule is Cc1cccc(C(=O)Nc2nnc(SCC(=O)Nc3cccc(C)c3C)s2)c1. The summed E-state index contributed by atoms with van der Waals surface area (Å²) in [4.78, 5) is 24.5. The monoisotopic (exact) mass is 412 g/mol. The van der Waals surface area contributed by atoms with Gasteiger partial charge in [0.05, 0.1) is 5.75 Å². The highest BCUT2D eigenvalue weighted by atomic mass is 32.2. The third-order valence-corrected chi connectivity index (χ3v) is 6.08. The zero-order chi connectivity index (χ0) is 20.1. The van der Waals surface area contributed by atoms with E-state index in [2.05, 4.69) is 20.8 Å². The number of hydrogen-bond donors (Lipinski definition) is 2. The van der Waals surface area contributed by atoms with E-state index in [1.54, 1.807) is 6.07 Å². The van der Waals surface area contributed by atoms with Crippen LogP contribution < -0.4 is 10.6 Å². The Labute approximate surface area is 171 Å². The molecule has 144 valence electrons. The summed E-state index contributed by atoms with van der Waals surface area (Å²) in [6.07, 6.45) is 0. The van der Waals surface area contributed by atoms with Gasteiger partial charge in [0.1, 0.15) is 0 Å². The van der Waals surface area contributed by atoms with Gasteiger partial charge in [-0.25, -0.2) is 0 Å². The summed E-state index contributed by atoms with van der Waals surface area (Å²) in [7, 11) is 0. The van der Waals surface area contributed by atoms with Gasteiger partial charge in [0.25, 0.3) is 5.91 Å². The maximum absolute atomic E-state index is 12.3. The fraction of sp³-hybridized carbons (Fsp3) is 0.200. The van der Waals surface area contributed by atoms with Crippen LogP contribution in [-0.4, -0.2) is 27.8 Å². The van der Waals surface area contributed by atoms with E-state index in [0.29, 0.717) is 15.0 Å². The Kier molecular flexibility index (Phi) is 6.43. The number of amides is 2. The molecule has 0 spiro atoms. The molecule has 3 rings (SSSR count). The molecule has 0 saturated carbocycles. The van der Waals surface area contributed by atoms with Crippen LogP contribution >= 0.6 is 23.1 Å². The fourth-order valence-electron chi connectivity index (χ4n) is 2.47. The van der Waals surface area contributed by atoms with E-state index in [1.165, 1.54) is 23.1 Å². The molecule has 2 aromatic carbocycles. The lowest BCUT2D eigenvalue weighted by Crippen LogP contribution is -2.15. The predicted octanol–water partition coefficient (Wildman–Crippen LogP) is 4.45. The number of benzene rings is 2. The minimum Gasteiger partial charge on any atom is -0.325 e. The molecule has 0 aliphatic heterocycles. The molecule has 0 atom stereocenters. The van der Waals surface area contributed by atoms with E-state index in [0.717, 1.165) is 22.4 Å². The maximum Gasteiger partial charge on any atom is 0.257 e. The van der Waals surface area contributed by atoms with E-state index in [-0.39, 0.29) is 17.6 Å². The van der Waals surface area contributed by atoms with Crippen molar-refractivity contribution >= 4 is 45.7 Å². The molecule has 0 saturated heterocycles. The van der Waals surface area contributed by atoms with E-state index >= 15 is 0 Å². The number of carbonyl (C=O) groups excluding carboxylic acids is 2. The molecule has 0 unspecified atom stereocenters. The van der Waals surface area contributed by atoms with Gasteiger partial charge in [0, 0.05) is 11.3 Å². The lowest BCUT2D eigenvalue weighted by molar-refractivity contribution is -0.113. The van der Waals surface area contributed by atoms with Crippen molar-refractivity contribution in [2.24, 2.45) is 0 Å². The van der Waals surface area contributed by atoms with E-state index in [9.17, 15) is 9.59 Å². The van der Waals surface area contributed by atoms with E-state index < -0.39 is 0 Å². The molecule has 0 radical (unpaired) electrons. The van der Waals surface area contributed by atoms with Gasteiger partial charge in [-0.05, 0) is 50.1 Å². The van der Waals surface area contributed by atoms with Gasteiger partial charge in [-0.2, -0.15) is 0 Å². The number of nitrogens with zero attached hydrogens (tertiary/aromatic N) is 2. The van der Waals surface area contributed by atoms with Crippen LogP contribution in [-0.2, 0) is 4.79 Å². The number of thioether (sulfide) groups is 1. The van der Waals surface area contributed by atoms with Crippen molar-refractivity contribution in [3.05, 3.63) is 64.7 Å². The Morgan fingerprint density at radius 2 is 1.82 bits per heavy atom. The second-order valence-electron chi connectivity index (χ2n) is 6.28. The molecule has 28 heavy (non-hydrogen) atoms. The van der Waals surface area contributed by atoms with E-state index in [4.69, 9.17) is 0 Å². The third-order valence-electron chi connectivity index (χ3n) is 4.11. The second-order valence-corrected chi connectivity index (χ2v) is 8.48. The number of hydrogen-bond acceptors (Lipinski definition) is 6. The standard InChI is InChI=1S/C20H20N4O2S2/c1-12-6-4-8-15(10-12)18(26)22-19-23-24-20(28-19)27-11-17(25)21-16-9-5-7-13(2)14(16)3/h4-10H,11H2,1-3H3,(H,21,25)(H,22,23,26). The van der Waals surface area contributed by atoms with Gasteiger partial charge >= 0.3 is 0 Å². The van der Waals surface area contributed by atoms with Crippen molar-refractivity contribution in [1.82, 2.24) is 10.2 Å². The molecule has 6 nitrogen and oxygen atoms in total. The highest BCUT2D eigenvalue weighted by Gasteiger charge is 2.12. The van der Waals surface area contributed by atoms with Crippen LogP contribution in [0.3, 0.4) is 0 Å². The average molecular weight is 413 g/mol. The predicted molar refractivity (Wildman–Crippen MR) is 114 cm³/mol. The normalized spacial score (nSPS) is 10.5. The Bertz CT molecular complexity index is 1020. The first-order valence-corrected chi connectivity index (χ1v) is 10.4. The van der Waals surface area contributed by atoms with Crippen LogP contribution in [0.25, 0.3) is 0 Å². The van der Waals surface area contributed by atoms with Crippen LogP contribution in [0.15, 0.2) is 46.8 Å². The molecule has 1 aromatic heterocycles. The topological polar surface area (TPSA) is 84.0 Å². The van der Waals surface area contributed by atoms with Crippen molar-refractivity contribution in [2.45, 2.75) is 25.1 Å². The molecule has 1 heterocycles. The van der Waals surface area contributed by atoms with Crippen LogP contribution in [0.5, 0.6) is 0 Å². The first-order chi connectivity index (χ1) is 13.4. The summed E-state index contributed by atoms with van der Waals surface area (Å²) in [6.45, 7) is 5.92. The van der Waals surface area contributed by atoms with Crippen LogP contribution in [0.4, 0.5) is 10.8 Å². The Balaban J connectivity index is 1.54. The van der Waals surface area contributed by atoms with Crippen molar-refractivity contribution in [3.63, 3.8) is 0 Å². The molecular formula is C20H20N4O2S2. The second kappa shape index (κ2) is 8.99. The number of carbonyl (C=O) groups is 2. The largest absolute Gasteiger partial charge is 0.325 e. The Morgan fingerprint density at radius 3 is 2.61 bits per heavy atom. The first kappa shape index (κ1) is 20.0. The van der Waals surface area contributed by atoms with E-state index in [1.807, 2.05) is 57.2 Å². The van der Waals surface area contributed by atoms with Crippen molar-refractivity contribution in [1.29, 1.82) is 0 Å². The number of aryl methyl sites for hydroxylation is 2. The summed E-state index contributed by atoms with van der Waals surface area (Å²) in [5, 5.41) is 14.1. The summed E-state index contributed by atoms with van der Waals surface area (Å²) in [5.41, 5.74) is 4.57. The summed E-state index contributed by atoms with van der Waals surface area (Å²) < 4.78 is 0.621. The number of nitrogens with one attached hydrogen (secondary N) is 2. The number of rotatable bonds is 6. The lowest BCUT2D eigenvalue weighted by atomic mass is 10.1. The number of aromatic nitrogens is 2. The first-order valence-electron chi connectivity index (χ1n) is 8.63. The van der Waals surface area contributed by atoms with Gasteiger partial charge in [-0.15, -0.1) is 10.2 Å². The summed E-state index contributed by atoms with van der Waals surface area (Å²) >= 11 is 2.53. The minimum atomic E-state index is -0.232. The average Bonchev–Trinajstić information content (AvgIpc) is 3.11. The van der Waals surface area contributed by atoms with Gasteiger partial charge in [-0.1, -0.05) is 52.9 Å². The maximum atomic E-state index is 12.3. The lowest BCUT2D eigenvalue weighted by Gasteiger charge is -2.09. The molecule has 0 aliphatic carbocycles. The molecule has 0 aliphatic rings. The Morgan fingerprint density at radius 1 is 1.04 bits per heavy atom. The van der Waals surface area contributed by atoms with Gasteiger partial charge in [0.2, 0.25) is 11.0 Å². The molecule has 0 bridgehead atoms. The van der Waals surface area contributed by atoms with Crippen LogP contribution in [0, 0.1) is 20.8 Å². The van der Waals surface area contributed by atoms with Gasteiger partial charge in [-0.3, -0.25) is 14.9 Å². The third kappa shape index (κ3) is 5.17. The molecule has 2 N–H and O–H groups in total. The molecule has 0 fully saturated rings. The smallest absolute Gasteiger partial charge is 0.257 e. The summed E-state index contributed by atoms with van der Waals surface area (Å²) in [6, 6.07) is 13.1. The number of anilines is 2. The highest BCUT2D eigenvalue weighted by Crippen LogP contribution is 2.26. The highest BCUT2D eigenvalue weighted by molar-refractivity contribution is 8.01. The Hall–Kier alpha value is -2.71. The molecular weight excluding hydrogens is 392 g/mol. The fourth-order valence-corrected chi connectivity index (χ4v) is 4.02. The molecule has 3 aromatic rings. The van der Waals surface area contributed by atoms with Crippen molar-refractivity contribution in [3.8, 4) is 0 Å². The van der Waals surface area contributed by atoms with Crippen LogP contribution in [0.1, 0.15) is 27.0 Å². The molecule has 2 amide bonds.